The number of hydrogen-bond acceptors (Lipinski definition) is 2. The zero-order valence-corrected chi connectivity index (χ0v) is 10.6. The molecule has 0 saturated carbocycles. The number of aromatic nitrogens is 2. The molecule has 0 N–H and O–H groups in total. The van der Waals surface area contributed by atoms with Gasteiger partial charge in [-0.25, -0.2) is 4.68 Å². The Bertz CT molecular complexity index is 596. The third kappa shape index (κ3) is 2.14. The molecule has 3 nitrogen and oxygen atoms in total. The van der Waals surface area contributed by atoms with Gasteiger partial charge in [0.05, 0.1) is 11.4 Å². The lowest BCUT2D eigenvalue weighted by atomic mass is 10.2. The van der Waals surface area contributed by atoms with E-state index in [1.807, 2.05) is 19.1 Å². The van der Waals surface area contributed by atoms with Crippen LogP contribution < -0.4 is 0 Å². The summed E-state index contributed by atoms with van der Waals surface area (Å²) in [5.74, 6) is 0. The van der Waals surface area contributed by atoms with Crippen molar-refractivity contribution in [1.82, 2.24) is 9.78 Å². The minimum Gasteiger partial charge on any atom is -0.220 e. The lowest BCUT2D eigenvalue weighted by Gasteiger charge is -2.02. The number of aryl methyl sites for hydroxylation is 1. The fraction of sp³-hybridized carbons (Fsp3) is 0.167. The van der Waals surface area contributed by atoms with Gasteiger partial charge in [-0.3, -0.25) is 0 Å². The molecular weight excluding hydrogens is 257 g/mol. The van der Waals surface area contributed by atoms with Crippen LogP contribution in [0.1, 0.15) is 18.2 Å². The maximum absolute atomic E-state index is 9.03. The molecule has 1 aromatic carbocycles. The first-order chi connectivity index (χ1) is 8.17. The number of rotatable bonds is 2. The maximum Gasteiger partial charge on any atom is 0.150 e. The van der Waals surface area contributed by atoms with Gasteiger partial charge >= 0.3 is 0 Å². The summed E-state index contributed by atoms with van der Waals surface area (Å²) in [5, 5.41) is 14.3. The second kappa shape index (κ2) is 4.79. The van der Waals surface area contributed by atoms with Crippen molar-refractivity contribution in [2.45, 2.75) is 13.3 Å². The predicted octanol–water partition coefficient (Wildman–Crippen LogP) is 3.61. The van der Waals surface area contributed by atoms with Gasteiger partial charge in [-0.2, -0.15) is 10.4 Å². The van der Waals surface area contributed by atoms with Crippen LogP contribution in [0.2, 0.25) is 10.2 Å². The number of halogens is 2. The van der Waals surface area contributed by atoms with Gasteiger partial charge in [-0.15, -0.1) is 0 Å². The molecule has 0 bridgehead atoms. The predicted molar refractivity (Wildman–Crippen MR) is 67.7 cm³/mol. The van der Waals surface area contributed by atoms with Gasteiger partial charge in [0.25, 0.3) is 0 Å². The van der Waals surface area contributed by atoms with Crippen molar-refractivity contribution in [3.63, 3.8) is 0 Å². The largest absolute Gasteiger partial charge is 0.220 e. The van der Waals surface area contributed by atoms with Crippen LogP contribution in [0.4, 0.5) is 0 Å². The van der Waals surface area contributed by atoms with E-state index in [1.165, 1.54) is 4.68 Å². The molecule has 2 rings (SSSR count). The fourth-order valence-corrected chi connectivity index (χ4v) is 2.05. The summed E-state index contributed by atoms with van der Waals surface area (Å²) >= 11 is 12.0. The van der Waals surface area contributed by atoms with Gasteiger partial charge < -0.3 is 0 Å². The minimum atomic E-state index is 0.326. The first-order valence-corrected chi connectivity index (χ1v) is 5.86. The van der Waals surface area contributed by atoms with Crippen molar-refractivity contribution in [3.8, 4) is 11.8 Å². The van der Waals surface area contributed by atoms with E-state index in [0.717, 1.165) is 5.69 Å². The Hall–Kier alpha value is -1.50. The quantitative estimate of drug-likeness (QED) is 0.833. The van der Waals surface area contributed by atoms with E-state index in [9.17, 15) is 0 Å². The highest BCUT2D eigenvalue weighted by Crippen LogP contribution is 2.24. The molecule has 1 heterocycles. The zero-order valence-electron chi connectivity index (χ0n) is 9.11. The van der Waals surface area contributed by atoms with Crippen LogP contribution in [0.5, 0.6) is 0 Å². The average molecular weight is 266 g/mol. The van der Waals surface area contributed by atoms with E-state index in [2.05, 4.69) is 11.2 Å². The number of hydrogen-bond donors (Lipinski definition) is 0. The van der Waals surface area contributed by atoms with E-state index in [0.29, 0.717) is 27.9 Å². The second-order valence-corrected chi connectivity index (χ2v) is 4.26. The highest BCUT2D eigenvalue weighted by atomic mass is 35.5. The topological polar surface area (TPSA) is 41.6 Å². The third-order valence-corrected chi connectivity index (χ3v) is 2.99. The molecule has 2 aromatic rings. The Kier molecular flexibility index (Phi) is 3.37. The number of benzene rings is 1. The smallest absolute Gasteiger partial charge is 0.150 e. The third-order valence-electron chi connectivity index (χ3n) is 2.40. The molecule has 0 aliphatic heterocycles. The van der Waals surface area contributed by atoms with Gasteiger partial charge in [0.2, 0.25) is 0 Å². The normalized spacial score (nSPS) is 10.2. The summed E-state index contributed by atoms with van der Waals surface area (Å²) < 4.78 is 1.53. The Balaban J connectivity index is 2.61. The summed E-state index contributed by atoms with van der Waals surface area (Å²) in [4.78, 5) is 0. The molecule has 0 unspecified atom stereocenters. The van der Waals surface area contributed by atoms with Crippen LogP contribution in [0.15, 0.2) is 24.3 Å². The molecule has 17 heavy (non-hydrogen) atoms. The standard InChI is InChI=1S/C12H9Cl2N3/c1-2-11-10(7-15)12(14)17(16-11)9-5-3-4-8(13)6-9/h3-6H,2H2,1H3. The molecule has 0 saturated heterocycles. The van der Waals surface area contributed by atoms with Crippen molar-refractivity contribution in [2.75, 3.05) is 0 Å². The Labute approximate surface area is 109 Å². The molecule has 0 atom stereocenters. The van der Waals surface area contributed by atoms with Gasteiger partial charge in [0.1, 0.15) is 11.6 Å². The van der Waals surface area contributed by atoms with Crippen molar-refractivity contribution >= 4 is 23.2 Å². The van der Waals surface area contributed by atoms with Gasteiger partial charge in [0, 0.05) is 5.02 Å². The molecule has 0 aliphatic carbocycles. The van der Waals surface area contributed by atoms with Crippen molar-refractivity contribution in [3.05, 3.63) is 45.7 Å². The molecule has 0 aliphatic rings. The van der Waals surface area contributed by atoms with Gasteiger partial charge in [-0.05, 0) is 24.6 Å². The minimum absolute atomic E-state index is 0.326. The van der Waals surface area contributed by atoms with Crippen LogP contribution in [0.3, 0.4) is 0 Å². The summed E-state index contributed by atoms with van der Waals surface area (Å²) in [5.41, 5.74) is 1.87. The highest BCUT2D eigenvalue weighted by molar-refractivity contribution is 6.31. The fourth-order valence-electron chi connectivity index (χ4n) is 1.58. The Morgan fingerprint density at radius 3 is 2.71 bits per heavy atom. The number of nitriles is 1. The van der Waals surface area contributed by atoms with Gasteiger partial charge in [-0.1, -0.05) is 36.2 Å². The van der Waals surface area contributed by atoms with Crippen molar-refractivity contribution in [2.24, 2.45) is 0 Å². The Morgan fingerprint density at radius 2 is 2.18 bits per heavy atom. The molecule has 0 amide bonds. The summed E-state index contributed by atoms with van der Waals surface area (Å²) in [6, 6.07) is 9.25. The molecular formula is C12H9Cl2N3. The SMILES string of the molecule is CCc1nn(-c2cccc(Cl)c2)c(Cl)c1C#N. The van der Waals surface area contributed by atoms with Gasteiger partial charge in [0.15, 0.2) is 5.15 Å². The molecule has 1 aromatic heterocycles. The molecule has 0 spiro atoms. The molecule has 0 fully saturated rings. The Morgan fingerprint density at radius 1 is 1.41 bits per heavy atom. The summed E-state index contributed by atoms with van der Waals surface area (Å²) in [6.07, 6.45) is 0.663. The van der Waals surface area contributed by atoms with E-state index in [4.69, 9.17) is 28.5 Å². The monoisotopic (exact) mass is 265 g/mol. The van der Waals surface area contributed by atoms with Crippen molar-refractivity contribution in [1.29, 1.82) is 5.26 Å². The second-order valence-electron chi connectivity index (χ2n) is 3.47. The van der Waals surface area contributed by atoms with Crippen molar-refractivity contribution < 1.29 is 0 Å². The molecule has 5 heteroatoms. The maximum atomic E-state index is 9.03. The first kappa shape index (κ1) is 12.0. The first-order valence-electron chi connectivity index (χ1n) is 5.10. The van der Waals surface area contributed by atoms with E-state index in [1.54, 1.807) is 12.1 Å². The van der Waals surface area contributed by atoms with Crippen LogP contribution in [-0.2, 0) is 6.42 Å². The highest BCUT2D eigenvalue weighted by Gasteiger charge is 2.15. The van der Waals surface area contributed by atoms with Crippen LogP contribution in [-0.4, -0.2) is 9.78 Å². The van der Waals surface area contributed by atoms with Crippen LogP contribution in [0, 0.1) is 11.3 Å². The van der Waals surface area contributed by atoms with E-state index in [-0.39, 0.29) is 0 Å². The van der Waals surface area contributed by atoms with Crippen LogP contribution in [0.25, 0.3) is 5.69 Å². The number of nitrogens with zero attached hydrogens (tertiary/aromatic N) is 3. The summed E-state index contributed by atoms with van der Waals surface area (Å²) in [7, 11) is 0. The lowest BCUT2D eigenvalue weighted by molar-refractivity contribution is 0.842. The van der Waals surface area contributed by atoms with E-state index >= 15 is 0 Å². The summed E-state index contributed by atoms with van der Waals surface area (Å²) in [6.45, 7) is 1.93. The van der Waals surface area contributed by atoms with Crippen LogP contribution >= 0.6 is 23.2 Å². The molecule has 0 radical (unpaired) electrons. The lowest BCUT2D eigenvalue weighted by Crippen LogP contribution is -1.96. The average Bonchev–Trinajstić information content (AvgIpc) is 2.65. The van der Waals surface area contributed by atoms with E-state index < -0.39 is 0 Å². The molecule has 86 valence electrons. The zero-order chi connectivity index (χ0) is 12.4.